The molecule has 0 amide bonds. The summed E-state index contributed by atoms with van der Waals surface area (Å²) in [5.74, 6) is 1.80. The van der Waals surface area contributed by atoms with Gasteiger partial charge in [0.2, 0.25) is 11.8 Å². The fourth-order valence-electron chi connectivity index (χ4n) is 1.59. The highest BCUT2D eigenvalue weighted by atomic mass is 16.5. The predicted molar refractivity (Wildman–Crippen MR) is 66.8 cm³/mol. The fraction of sp³-hybridized carbons (Fsp3) is 0.0833. The van der Waals surface area contributed by atoms with E-state index in [1.54, 1.807) is 23.7 Å². The van der Waals surface area contributed by atoms with E-state index in [-0.39, 0.29) is 0 Å². The van der Waals surface area contributed by atoms with Gasteiger partial charge in [0.05, 0.1) is 0 Å². The molecule has 0 unspecified atom stereocenters. The molecule has 0 aliphatic carbocycles. The second-order valence-electron chi connectivity index (χ2n) is 3.63. The van der Waals surface area contributed by atoms with Crippen LogP contribution in [-0.4, -0.2) is 26.9 Å². The monoisotopic (exact) mass is 241 g/mol. The molecule has 2 aromatic heterocycles. The van der Waals surface area contributed by atoms with Crippen molar-refractivity contribution in [1.82, 2.24) is 19.8 Å². The molecule has 0 saturated carbocycles. The number of anilines is 1. The summed E-state index contributed by atoms with van der Waals surface area (Å²) in [5.41, 5.74) is 0.666. The Kier molecular flexibility index (Phi) is 2.53. The molecule has 0 spiro atoms. The zero-order valence-electron chi connectivity index (χ0n) is 9.74. The van der Waals surface area contributed by atoms with Gasteiger partial charge in [0.1, 0.15) is 5.75 Å². The van der Waals surface area contributed by atoms with Crippen LogP contribution in [0.3, 0.4) is 0 Å². The van der Waals surface area contributed by atoms with Gasteiger partial charge in [-0.25, -0.2) is 0 Å². The van der Waals surface area contributed by atoms with Crippen LogP contribution >= 0.6 is 0 Å². The first kappa shape index (κ1) is 10.5. The number of nitrogens with zero attached hydrogens (tertiary/aromatic N) is 4. The Hall–Kier alpha value is -2.63. The number of benzene rings is 1. The van der Waals surface area contributed by atoms with Gasteiger partial charge >= 0.3 is 0 Å². The minimum Gasteiger partial charge on any atom is -0.438 e. The Morgan fingerprint density at radius 1 is 1.06 bits per heavy atom. The SMILES string of the molecule is CNc1nnc2ccc(Oc3ccccc3)nn12. The normalized spacial score (nSPS) is 10.5. The van der Waals surface area contributed by atoms with E-state index >= 15 is 0 Å². The van der Waals surface area contributed by atoms with Gasteiger partial charge in [0.25, 0.3) is 0 Å². The summed E-state index contributed by atoms with van der Waals surface area (Å²) in [4.78, 5) is 0. The van der Waals surface area contributed by atoms with Gasteiger partial charge in [0.15, 0.2) is 5.65 Å². The van der Waals surface area contributed by atoms with Crippen molar-refractivity contribution in [2.45, 2.75) is 0 Å². The minimum atomic E-state index is 0.491. The quantitative estimate of drug-likeness (QED) is 0.759. The molecule has 0 radical (unpaired) electrons. The molecule has 0 aliphatic rings. The molecule has 6 nitrogen and oxygen atoms in total. The zero-order valence-corrected chi connectivity index (χ0v) is 9.74. The summed E-state index contributed by atoms with van der Waals surface area (Å²) in [5, 5.41) is 15.1. The first-order valence-electron chi connectivity index (χ1n) is 5.50. The molecule has 18 heavy (non-hydrogen) atoms. The average Bonchev–Trinajstić information content (AvgIpc) is 2.82. The lowest BCUT2D eigenvalue weighted by atomic mass is 10.3. The van der Waals surface area contributed by atoms with E-state index in [0.717, 1.165) is 5.75 Å². The largest absolute Gasteiger partial charge is 0.438 e. The summed E-state index contributed by atoms with van der Waals surface area (Å²) < 4.78 is 7.24. The molecule has 3 aromatic rings. The lowest BCUT2D eigenvalue weighted by Crippen LogP contribution is -2.00. The lowest BCUT2D eigenvalue weighted by Gasteiger charge is -2.04. The smallest absolute Gasteiger partial charge is 0.245 e. The molecule has 0 saturated heterocycles. The molecule has 90 valence electrons. The van der Waals surface area contributed by atoms with E-state index in [2.05, 4.69) is 20.6 Å². The standard InChI is InChI=1S/C12H11N5O/c1-13-12-15-14-10-7-8-11(16-17(10)12)18-9-5-3-2-4-6-9/h2-8H,1H3,(H,13,15). The van der Waals surface area contributed by atoms with Crippen LogP contribution in [0.5, 0.6) is 11.6 Å². The van der Waals surface area contributed by atoms with Gasteiger partial charge in [-0.3, -0.25) is 0 Å². The van der Waals surface area contributed by atoms with E-state index in [1.165, 1.54) is 0 Å². The molecule has 6 heteroatoms. The minimum absolute atomic E-state index is 0.491. The maximum absolute atomic E-state index is 5.64. The van der Waals surface area contributed by atoms with Crippen LogP contribution in [0.4, 0.5) is 5.95 Å². The number of aromatic nitrogens is 4. The molecule has 0 bridgehead atoms. The summed E-state index contributed by atoms with van der Waals surface area (Å²) in [7, 11) is 1.77. The van der Waals surface area contributed by atoms with Crippen LogP contribution < -0.4 is 10.1 Å². The van der Waals surface area contributed by atoms with Crippen LogP contribution in [0.1, 0.15) is 0 Å². The highest BCUT2D eigenvalue weighted by Crippen LogP contribution is 2.19. The predicted octanol–water partition coefficient (Wildman–Crippen LogP) is 1.96. The third-order valence-corrected chi connectivity index (χ3v) is 2.43. The van der Waals surface area contributed by atoms with Crippen molar-refractivity contribution >= 4 is 11.6 Å². The number of hydrogen-bond acceptors (Lipinski definition) is 5. The summed E-state index contributed by atoms with van der Waals surface area (Å²) in [6, 6.07) is 13.1. The van der Waals surface area contributed by atoms with Crippen molar-refractivity contribution in [2.75, 3.05) is 12.4 Å². The molecule has 0 atom stereocenters. The number of fused-ring (bicyclic) bond motifs is 1. The van der Waals surface area contributed by atoms with Crippen molar-refractivity contribution in [3.05, 3.63) is 42.5 Å². The van der Waals surface area contributed by atoms with Gasteiger partial charge < -0.3 is 10.1 Å². The fourth-order valence-corrected chi connectivity index (χ4v) is 1.59. The van der Waals surface area contributed by atoms with E-state index in [0.29, 0.717) is 17.5 Å². The van der Waals surface area contributed by atoms with Gasteiger partial charge in [0, 0.05) is 13.1 Å². The second kappa shape index (κ2) is 4.33. The number of ether oxygens (including phenoxy) is 1. The van der Waals surface area contributed by atoms with Crippen molar-refractivity contribution < 1.29 is 4.74 Å². The van der Waals surface area contributed by atoms with E-state index in [4.69, 9.17) is 4.74 Å². The number of nitrogens with one attached hydrogen (secondary N) is 1. The Morgan fingerprint density at radius 2 is 1.89 bits per heavy atom. The van der Waals surface area contributed by atoms with E-state index in [9.17, 15) is 0 Å². The maximum Gasteiger partial charge on any atom is 0.245 e. The topological polar surface area (TPSA) is 64.3 Å². The summed E-state index contributed by atoms with van der Waals surface area (Å²) >= 11 is 0. The van der Waals surface area contributed by atoms with Gasteiger partial charge in [-0.1, -0.05) is 18.2 Å². The molecule has 1 N–H and O–H groups in total. The Bertz CT molecular complexity index is 665. The Balaban J connectivity index is 1.97. The average molecular weight is 241 g/mol. The molecular weight excluding hydrogens is 230 g/mol. The van der Waals surface area contributed by atoms with Crippen molar-refractivity contribution in [3.63, 3.8) is 0 Å². The highest BCUT2D eigenvalue weighted by Gasteiger charge is 2.06. The van der Waals surface area contributed by atoms with Crippen LogP contribution in [-0.2, 0) is 0 Å². The van der Waals surface area contributed by atoms with Crippen LogP contribution in [0.2, 0.25) is 0 Å². The number of para-hydroxylation sites is 1. The van der Waals surface area contributed by atoms with Gasteiger partial charge in [-0.15, -0.1) is 15.3 Å². The molecular formula is C12H11N5O. The second-order valence-corrected chi connectivity index (χ2v) is 3.63. The first-order chi connectivity index (χ1) is 8.86. The van der Waals surface area contributed by atoms with E-state index < -0.39 is 0 Å². The number of rotatable bonds is 3. The van der Waals surface area contributed by atoms with Crippen LogP contribution in [0, 0.1) is 0 Å². The molecule has 2 heterocycles. The third kappa shape index (κ3) is 1.84. The van der Waals surface area contributed by atoms with Crippen molar-refractivity contribution in [3.8, 4) is 11.6 Å². The Labute approximate surface area is 103 Å². The van der Waals surface area contributed by atoms with Gasteiger partial charge in [-0.2, -0.15) is 4.52 Å². The molecule has 3 rings (SSSR count). The van der Waals surface area contributed by atoms with Crippen LogP contribution in [0.25, 0.3) is 5.65 Å². The van der Waals surface area contributed by atoms with E-state index in [1.807, 2.05) is 30.3 Å². The first-order valence-corrected chi connectivity index (χ1v) is 5.50. The van der Waals surface area contributed by atoms with Crippen molar-refractivity contribution in [1.29, 1.82) is 0 Å². The zero-order chi connectivity index (χ0) is 12.4. The molecule has 0 aliphatic heterocycles. The summed E-state index contributed by atoms with van der Waals surface area (Å²) in [6.07, 6.45) is 0. The molecule has 0 fully saturated rings. The molecule has 1 aromatic carbocycles. The van der Waals surface area contributed by atoms with Crippen molar-refractivity contribution in [2.24, 2.45) is 0 Å². The highest BCUT2D eigenvalue weighted by molar-refractivity contribution is 5.44. The van der Waals surface area contributed by atoms with Gasteiger partial charge in [-0.05, 0) is 18.2 Å². The Morgan fingerprint density at radius 3 is 2.67 bits per heavy atom. The third-order valence-electron chi connectivity index (χ3n) is 2.43. The maximum atomic E-state index is 5.64. The number of hydrogen-bond donors (Lipinski definition) is 1. The van der Waals surface area contributed by atoms with Crippen LogP contribution in [0.15, 0.2) is 42.5 Å². The lowest BCUT2D eigenvalue weighted by molar-refractivity contribution is 0.453. The summed E-state index contributed by atoms with van der Waals surface area (Å²) in [6.45, 7) is 0.